The molecule has 0 bridgehead atoms. The predicted molar refractivity (Wildman–Crippen MR) is 60.2 cm³/mol. The zero-order valence-electron chi connectivity index (χ0n) is 9.19. The fraction of sp³-hybridized carbons (Fsp3) is 0.462. The van der Waals surface area contributed by atoms with Gasteiger partial charge in [0.2, 0.25) is 0 Å². The molecule has 1 aromatic carbocycles. The summed E-state index contributed by atoms with van der Waals surface area (Å²) >= 11 is 0. The Bertz CT molecular complexity index is 378. The van der Waals surface area contributed by atoms with Gasteiger partial charge in [-0.1, -0.05) is 12.1 Å². The summed E-state index contributed by atoms with van der Waals surface area (Å²) in [6.45, 7) is 1.49. The number of hydrogen-bond acceptors (Lipinski definition) is 3. The number of nitriles is 1. The molecule has 84 valence electrons. The van der Waals surface area contributed by atoms with Crippen molar-refractivity contribution in [2.45, 2.75) is 25.4 Å². The van der Waals surface area contributed by atoms with Gasteiger partial charge in [0, 0.05) is 13.0 Å². The maximum atomic E-state index is 8.87. The number of nitrogens with zero attached hydrogens (tertiary/aromatic N) is 1. The first-order valence-corrected chi connectivity index (χ1v) is 5.63. The molecule has 1 heterocycles. The van der Waals surface area contributed by atoms with Gasteiger partial charge < -0.3 is 9.47 Å². The fourth-order valence-electron chi connectivity index (χ4n) is 1.86. The lowest BCUT2D eigenvalue weighted by Gasteiger charge is -2.11. The Morgan fingerprint density at radius 2 is 2.31 bits per heavy atom. The molecule has 0 amide bonds. The molecular formula is C13H15NO2. The second-order valence-corrected chi connectivity index (χ2v) is 3.88. The topological polar surface area (TPSA) is 42.2 Å². The Labute approximate surface area is 95.6 Å². The molecule has 3 nitrogen and oxygen atoms in total. The van der Waals surface area contributed by atoms with Gasteiger partial charge in [0.1, 0.15) is 11.8 Å². The summed E-state index contributed by atoms with van der Waals surface area (Å²) in [5, 5.41) is 8.87. The predicted octanol–water partition coefficient (Wildman–Crippen LogP) is 2.51. The van der Waals surface area contributed by atoms with E-state index in [-0.39, 0.29) is 0 Å². The lowest BCUT2D eigenvalue weighted by atomic mass is 10.2. The summed E-state index contributed by atoms with van der Waals surface area (Å²) in [7, 11) is 0. The van der Waals surface area contributed by atoms with Gasteiger partial charge in [-0.2, -0.15) is 5.26 Å². The van der Waals surface area contributed by atoms with Crippen molar-refractivity contribution < 1.29 is 9.47 Å². The number of para-hydroxylation sites is 1. The first-order chi connectivity index (χ1) is 7.90. The SMILES string of the molecule is N#Cc1ccccc1OCCC1CCCO1. The molecule has 1 saturated heterocycles. The van der Waals surface area contributed by atoms with E-state index in [2.05, 4.69) is 6.07 Å². The third-order valence-corrected chi connectivity index (χ3v) is 2.73. The van der Waals surface area contributed by atoms with Gasteiger partial charge in [0.25, 0.3) is 0 Å². The van der Waals surface area contributed by atoms with Gasteiger partial charge in [-0.3, -0.25) is 0 Å². The van der Waals surface area contributed by atoms with Crippen LogP contribution in [0, 0.1) is 11.3 Å². The minimum atomic E-state index is 0.342. The van der Waals surface area contributed by atoms with Crippen LogP contribution in [0.2, 0.25) is 0 Å². The monoisotopic (exact) mass is 217 g/mol. The van der Waals surface area contributed by atoms with Crippen molar-refractivity contribution in [3.05, 3.63) is 29.8 Å². The van der Waals surface area contributed by atoms with E-state index in [1.807, 2.05) is 18.2 Å². The molecule has 0 aliphatic carbocycles. The Balaban J connectivity index is 1.82. The van der Waals surface area contributed by atoms with E-state index in [4.69, 9.17) is 14.7 Å². The Morgan fingerprint density at radius 1 is 1.44 bits per heavy atom. The maximum Gasteiger partial charge on any atom is 0.137 e. The highest BCUT2D eigenvalue weighted by Gasteiger charge is 2.15. The van der Waals surface area contributed by atoms with E-state index in [0.717, 1.165) is 25.9 Å². The van der Waals surface area contributed by atoms with Gasteiger partial charge in [-0.25, -0.2) is 0 Å². The highest BCUT2D eigenvalue weighted by atomic mass is 16.5. The third kappa shape index (κ3) is 2.74. The average Bonchev–Trinajstić information content (AvgIpc) is 2.83. The second kappa shape index (κ2) is 5.53. The van der Waals surface area contributed by atoms with Gasteiger partial charge in [0.15, 0.2) is 0 Å². The van der Waals surface area contributed by atoms with Gasteiger partial charge in [-0.15, -0.1) is 0 Å². The Morgan fingerprint density at radius 3 is 3.06 bits per heavy atom. The van der Waals surface area contributed by atoms with Crippen LogP contribution in [-0.4, -0.2) is 19.3 Å². The molecule has 3 heteroatoms. The number of ether oxygens (including phenoxy) is 2. The largest absolute Gasteiger partial charge is 0.492 e. The standard InChI is InChI=1S/C13H15NO2/c14-10-11-4-1-2-6-13(11)16-9-7-12-5-3-8-15-12/h1-2,4,6,12H,3,5,7-9H2. The van der Waals surface area contributed by atoms with Crippen LogP contribution in [0.5, 0.6) is 5.75 Å². The summed E-state index contributed by atoms with van der Waals surface area (Å²) in [5.74, 6) is 0.669. The number of benzene rings is 1. The third-order valence-electron chi connectivity index (χ3n) is 2.73. The minimum absolute atomic E-state index is 0.342. The van der Waals surface area contributed by atoms with Crippen molar-refractivity contribution in [2.24, 2.45) is 0 Å². The summed E-state index contributed by atoms with van der Waals surface area (Å²) < 4.78 is 11.1. The molecule has 0 N–H and O–H groups in total. The summed E-state index contributed by atoms with van der Waals surface area (Å²) in [6.07, 6.45) is 3.52. The first-order valence-electron chi connectivity index (χ1n) is 5.63. The van der Waals surface area contributed by atoms with E-state index in [1.165, 1.54) is 0 Å². The van der Waals surface area contributed by atoms with Crippen LogP contribution in [0.4, 0.5) is 0 Å². The highest BCUT2D eigenvalue weighted by molar-refractivity contribution is 5.42. The summed E-state index contributed by atoms with van der Waals surface area (Å²) in [6, 6.07) is 9.43. The van der Waals surface area contributed by atoms with E-state index in [1.54, 1.807) is 6.07 Å². The summed E-state index contributed by atoms with van der Waals surface area (Å²) in [5.41, 5.74) is 0.592. The second-order valence-electron chi connectivity index (χ2n) is 3.88. The van der Waals surface area contributed by atoms with Crippen LogP contribution in [0.25, 0.3) is 0 Å². The van der Waals surface area contributed by atoms with Crippen molar-refractivity contribution in [3.63, 3.8) is 0 Å². The molecule has 0 saturated carbocycles. The lowest BCUT2D eigenvalue weighted by Crippen LogP contribution is -2.11. The molecule has 0 aromatic heterocycles. The smallest absolute Gasteiger partial charge is 0.137 e. The zero-order chi connectivity index (χ0) is 11.2. The first kappa shape index (κ1) is 11.0. The van der Waals surface area contributed by atoms with E-state index >= 15 is 0 Å². The highest BCUT2D eigenvalue weighted by Crippen LogP contribution is 2.19. The van der Waals surface area contributed by atoms with Crippen molar-refractivity contribution >= 4 is 0 Å². The molecule has 1 aliphatic rings. The summed E-state index contributed by atoms with van der Waals surface area (Å²) in [4.78, 5) is 0. The van der Waals surface area contributed by atoms with Gasteiger partial charge >= 0.3 is 0 Å². The van der Waals surface area contributed by atoms with E-state index < -0.39 is 0 Å². The molecule has 1 aliphatic heterocycles. The van der Waals surface area contributed by atoms with Gasteiger partial charge in [-0.05, 0) is 25.0 Å². The van der Waals surface area contributed by atoms with Crippen molar-refractivity contribution in [1.29, 1.82) is 5.26 Å². The lowest BCUT2D eigenvalue weighted by molar-refractivity contribution is 0.0903. The van der Waals surface area contributed by atoms with Crippen LogP contribution in [0.15, 0.2) is 24.3 Å². The van der Waals surface area contributed by atoms with Crippen LogP contribution >= 0.6 is 0 Å². The van der Waals surface area contributed by atoms with Crippen LogP contribution in [0.1, 0.15) is 24.8 Å². The molecule has 0 radical (unpaired) electrons. The van der Waals surface area contributed by atoms with Crippen LogP contribution in [0.3, 0.4) is 0 Å². The molecule has 0 spiro atoms. The number of rotatable bonds is 4. The van der Waals surface area contributed by atoms with Crippen molar-refractivity contribution in [2.75, 3.05) is 13.2 Å². The van der Waals surface area contributed by atoms with Crippen LogP contribution < -0.4 is 4.74 Å². The Hall–Kier alpha value is -1.53. The van der Waals surface area contributed by atoms with E-state index in [0.29, 0.717) is 24.0 Å². The maximum absolute atomic E-state index is 8.87. The van der Waals surface area contributed by atoms with Crippen LogP contribution in [-0.2, 0) is 4.74 Å². The Kier molecular flexibility index (Phi) is 3.79. The van der Waals surface area contributed by atoms with Crippen molar-refractivity contribution in [3.8, 4) is 11.8 Å². The molecule has 1 aromatic rings. The zero-order valence-corrected chi connectivity index (χ0v) is 9.19. The normalized spacial score (nSPS) is 19.3. The minimum Gasteiger partial charge on any atom is -0.492 e. The molecule has 2 rings (SSSR count). The molecule has 1 unspecified atom stereocenters. The quantitative estimate of drug-likeness (QED) is 0.778. The van der Waals surface area contributed by atoms with Gasteiger partial charge in [0.05, 0.1) is 18.3 Å². The fourth-order valence-corrected chi connectivity index (χ4v) is 1.86. The van der Waals surface area contributed by atoms with E-state index in [9.17, 15) is 0 Å². The molecule has 1 fully saturated rings. The average molecular weight is 217 g/mol. The molecular weight excluding hydrogens is 202 g/mol. The number of hydrogen-bond donors (Lipinski definition) is 0. The molecule has 1 atom stereocenters. The van der Waals surface area contributed by atoms with Crippen molar-refractivity contribution in [1.82, 2.24) is 0 Å². The molecule has 16 heavy (non-hydrogen) atoms.